The molecule has 1 aliphatic carbocycles. The maximum Gasteiger partial charge on any atom is 0.416 e. The van der Waals surface area contributed by atoms with Crippen LogP contribution in [0.5, 0.6) is 0 Å². The predicted octanol–water partition coefficient (Wildman–Crippen LogP) is 3.97. The second-order valence-corrected chi connectivity index (χ2v) is 6.62. The minimum absolute atomic E-state index is 0.0277. The molecular weight excluding hydrogens is 325 g/mol. The molecular formula is C16H15F3N2OS. The van der Waals surface area contributed by atoms with Gasteiger partial charge in [-0.05, 0) is 54.7 Å². The van der Waals surface area contributed by atoms with Crippen LogP contribution in [-0.4, -0.2) is 5.91 Å². The number of carbonyl (C=O) groups excluding carboxylic acids is 1. The van der Waals surface area contributed by atoms with Crippen molar-refractivity contribution in [2.75, 3.05) is 5.32 Å². The van der Waals surface area contributed by atoms with E-state index in [-0.39, 0.29) is 18.1 Å². The van der Waals surface area contributed by atoms with Crippen LogP contribution in [0.15, 0.2) is 24.3 Å². The van der Waals surface area contributed by atoms with Gasteiger partial charge in [-0.1, -0.05) is 0 Å². The van der Waals surface area contributed by atoms with E-state index >= 15 is 0 Å². The number of aryl methyl sites for hydroxylation is 2. The Morgan fingerprint density at radius 1 is 1.22 bits per heavy atom. The van der Waals surface area contributed by atoms with Gasteiger partial charge in [0.25, 0.3) is 5.91 Å². The third kappa shape index (κ3) is 3.40. The minimum Gasteiger partial charge on any atom is -0.326 e. The number of nitrogens with one attached hydrogen (secondary N) is 1. The van der Waals surface area contributed by atoms with Crippen molar-refractivity contribution < 1.29 is 18.0 Å². The molecule has 0 unspecified atom stereocenters. The van der Waals surface area contributed by atoms with Crippen LogP contribution in [0.2, 0.25) is 0 Å². The van der Waals surface area contributed by atoms with E-state index < -0.39 is 11.7 Å². The van der Waals surface area contributed by atoms with Gasteiger partial charge in [0.1, 0.15) is 0 Å². The molecule has 3 rings (SSSR count). The van der Waals surface area contributed by atoms with E-state index in [1.54, 1.807) is 0 Å². The first-order chi connectivity index (χ1) is 10.9. The van der Waals surface area contributed by atoms with Gasteiger partial charge >= 0.3 is 6.18 Å². The van der Waals surface area contributed by atoms with Crippen molar-refractivity contribution in [3.63, 3.8) is 0 Å². The van der Waals surface area contributed by atoms with Gasteiger partial charge in [-0.3, -0.25) is 4.79 Å². The number of alkyl halides is 3. The monoisotopic (exact) mass is 340 g/mol. The summed E-state index contributed by atoms with van der Waals surface area (Å²) >= 11 is 1.41. The summed E-state index contributed by atoms with van der Waals surface area (Å²) in [5, 5.41) is 2.55. The van der Waals surface area contributed by atoms with E-state index in [0.29, 0.717) is 10.4 Å². The Kier molecular flexibility index (Phi) is 4.16. The molecule has 122 valence electrons. The van der Waals surface area contributed by atoms with E-state index in [4.69, 9.17) is 5.73 Å². The summed E-state index contributed by atoms with van der Waals surface area (Å²) in [6.07, 6.45) is -1.46. The van der Waals surface area contributed by atoms with Crippen LogP contribution in [-0.2, 0) is 25.6 Å². The number of fused-ring (bicyclic) bond motifs is 1. The normalized spacial score (nSPS) is 13.9. The fourth-order valence-electron chi connectivity index (χ4n) is 2.68. The number of benzene rings is 1. The molecule has 1 amide bonds. The zero-order valence-electron chi connectivity index (χ0n) is 12.2. The van der Waals surface area contributed by atoms with Crippen molar-refractivity contribution in [2.24, 2.45) is 5.73 Å². The molecule has 0 atom stereocenters. The van der Waals surface area contributed by atoms with Crippen molar-refractivity contribution >= 4 is 22.9 Å². The lowest BCUT2D eigenvalue weighted by atomic mass is 10.1. The molecule has 0 saturated carbocycles. The van der Waals surface area contributed by atoms with Crippen molar-refractivity contribution in [2.45, 2.75) is 32.0 Å². The third-order valence-corrected chi connectivity index (χ3v) is 5.02. The van der Waals surface area contributed by atoms with Crippen LogP contribution in [0.3, 0.4) is 0 Å². The summed E-state index contributed by atoms with van der Waals surface area (Å²) in [5.74, 6) is -0.383. The highest BCUT2D eigenvalue weighted by atomic mass is 32.1. The van der Waals surface area contributed by atoms with Gasteiger partial charge in [0.15, 0.2) is 0 Å². The Bertz CT molecular complexity index is 731. The molecule has 0 radical (unpaired) electrons. The van der Waals surface area contributed by atoms with Crippen LogP contribution in [0.1, 0.15) is 37.7 Å². The summed E-state index contributed by atoms with van der Waals surface area (Å²) in [5.41, 5.74) is 6.23. The van der Waals surface area contributed by atoms with Gasteiger partial charge in [-0.2, -0.15) is 13.2 Å². The largest absolute Gasteiger partial charge is 0.416 e. The lowest BCUT2D eigenvalue weighted by molar-refractivity contribution is -0.137. The molecule has 0 aliphatic heterocycles. The Hall–Kier alpha value is -1.86. The van der Waals surface area contributed by atoms with Crippen molar-refractivity contribution in [3.8, 4) is 0 Å². The van der Waals surface area contributed by atoms with Gasteiger partial charge in [-0.25, -0.2) is 0 Å². The highest BCUT2D eigenvalue weighted by Crippen LogP contribution is 2.33. The number of thiophene rings is 1. The zero-order valence-corrected chi connectivity index (χ0v) is 13.0. The van der Waals surface area contributed by atoms with E-state index in [0.717, 1.165) is 31.4 Å². The topological polar surface area (TPSA) is 55.1 Å². The van der Waals surface area contributed by atoms with E-state index in [2.05, 4.69) is 5.32 Å². The molecule has 1 aromatic carbocycles. The smallest absolute Gasteiger partial charge is 0.326 e. The molecule has 1 heterocycles. The number of rotatable bonds is 3. The first-order valence-corrected chi connectivity index (χ1v) is 8.02. The third-order valence-electron chi connectivity index (χ3n) is 3.78. The SMILES string of the molecule is NCc1cc(NC(=O)c2cc3c(s2)CCC3)cc(C(F)(F)F)c1. The highest BCUT2D eigenvalue weighted by Gasteiger charge is 2.31. The lowest BCUT2D eigenvalue weighted by Gasteiger charge is -2.12. The first kappa shape index (κ1) is 16.0. The maximum absolute atomic E-state index is 12.9. The average molecular weight is 340 g/mol. The van der Waals surface area contributed by atoms with Crippen molar-refractivity contribution in [3.05, 3.63) is 50.7 Å². The average Bonchev–Trinajstić information content (AvgIpc) is 3.07. The number of hydrogen-bond acceptors (Lipinski definition) is 3. The van der Waals surface area contributed by atoms with Gasteiger partial charge < -0.3 is 11.1 Å². The van der Waals surface area contributed by atoms with Gasteiger partial charge in [0.2, 0.25) is 0 Å². The quantitative estimate of drug-likeness (QED) is 0.888. The Morgan fingerprint density at radius 2 is 2.00 bits per heavy atom. The standard InChI is InChI=1S/C16H15F3N2OS/c17-16(18,19)11-4-9(8-20)5-12(7-11)21-15(22)14-6-10-2-1-3-13(10)23-14/h4-7H,1-3,8,20H2,(H,21,22). The van der Waals surface area contributed by atoms with Gasteiger partial charge in [0.05, 0.1) is 10.4 Å². The van der Waals surface area contributed by atoms with Crippen LogP contribution in [0.25, 0.3) is 0 Å². The number of amides is 1. The molecule has 3 nitrogen and oxygen atoms in total. The number of anilines is 1. The van der Waals surface area contributed by atoms with E-state index in [1.807, 2.05) is 6.07 Å². The van der Waals surface area contributed by atoms with E-state index in [9.17, 15) is 18.0 Å². The van der Waals surface area contributed by atoms with E-state index in [1.165, 1.54) is 27.8 Å². The number of halogens is 3. The molecule has 23 heavy (non-hydrogen) atoms. The summed E-state index contributed by atoms with van der Waals surface area (Å²) in [6.45, 7) is -0.0277. The number of carbonyl (C=O) groups is 1. The second-order valence-electron chi connectivity index (χ2n) is 5.49. The fraction of sp³-hybridized carbons (Fsp3) is 0.312. The Balaban J connectivity index is 1.85. The molecule has 1 aliphatic rings. The Labute approximate surface area is 135 Å². The second kappa shape index (κ2) is 5.98. The maximum atomic E-state index is 12.9. The minimum atomic E-state index is -4.48. The predicted molar refractivity (Wildman–Crippen MR) is 83.6 cm³/mol. The van der Waals surface area contributed by atoms with Crippen molar-refractivity contribution in [1.82, 2.24) is 0 Å². The molecule has 1 aromatic heterocycles. The number of nitrogens with two attached hydrogens (primary N) is 1. The molecule has 7 heteroatoms. The van der Waals surface area contributed by atoms with Crippen LogP contribution < -0.4 is 11.1 Å². The van der Waals surface area contributed by atoms with Crippen molar-refractivity contribution in [1.29, 1.82) is 0 Å². The zero-order chi connectivity index (χ0) is 16.6. The molecule has 0 fully saturated rings. The number of hydrogen-bond donors (Lipinski definition) is 2. The molecule has 0 spiro atoms. The summed E-state index contributed by atoms with van der Waals surface area (Å²) in [4.78, 5) is 14.0. The van der Waals surface area contributed by atoms with Crippen LogP contribution in [0, 0.1) is 0 Å². The lowest BCUT2D eigenvalue weighted by Crippen LogP contribution is -2.13. The van der Waals surface area contributed by atoms with Gasteiger partial charge in [0, 0.05) is 17.1 Å². The Morgan fingerprint density at radius 3 is 2.65 bits per heavy atom. The molecule has 0 bridgehead atoms. The summed E-state index contributed by atoms with van der Waals surface area (Å²) in [7, 11) is 0. The summed E-state index contributed by atoms with van der Waals surface area (Å²) < 4.78 is 38.7. The van der Waals surface area contributed by atoms with Crippen LogP contribution in [0.4, 0.5) is 18.9 Å². The van der Waals surface area contributed by atoms with Gasteiger partial charge in [-0.15, -0.1) is 11.3 Å². The molecule has 2 aromatic rings. The highest BCUT2D eigenvalue weighted by molar-refractivity contribution is 7.14. The van der Waals surface area contributed by atoms with Crippen LogP contribution >= 0.6 is 11.3 Å². The fourth-order valence-corrected chi connectivity index (χ4v) is 3.83. The summed E-state index contributed by atoms with van der Waals surface area (Å²) in [6, 6.07) is 5.22. The molecule has 3 N–H and O–H groups in total. The first-order valence-electron chi connectivity index (χ1n) is 7.21. The molecule has 0 saturated heterocycles.